The molecule has 0 unspecified atom stereocenters. The van der Waals surface area contributed by atoms with Crippen LogP contribution in [0.5, 0.6) is 0 Å². The molecule has 0 amide bonds. The van der Waals surface area contributed by atoms with Crippen LogP contribution in [0.2, 0.25) is 0 Å². The first-order chi connectivity index (χ1) is 9.22. The molecule has 2 heterocycles. The van der Waals surface area contributed by atoms with Gasteiger partial charge in [0.1, 0.15) is 0 Å². The predicted octanol–water partition coefficient (Wildman–Crippen LogP) is 1.20. The maximum atomic E-state index is 11.2. The lowest BCUT2D eigenvalue weighted by atomic mass is 10.1. The van der Waals surface area contributed by atoms with Gasteiger partial charge in [0.15, 0.2) is 5.82 Å². The third-order valence-corrected chi connectivity index (χ3v) is 2.70. The van der Waals surface area contributed by atoms with Gasteiger partial charge in [-0.15, -0.1) is 0 Å². The van der Waals surface area contributed by atoms with Crippen molar-refractivity contribution >= 4 is 5.69 Å². The molecular formula is C13H11N5O. The Balaban J connectivity index is 2.02. The van der Waals surface area contributed by atoms with Crippen molar-refractivity contribution in [1.29, 1.82) is 0 Å². The van der Waals surface area contributed by atoms with E-state index in [-0.39, 0.29) is 5.56 Å². The van der Waals surface area contributed by atoms with Crippen LogP contribution in [-0.2, 0) is 0 Å². The monoisotopic (exact) mass is 253 g/mol. The average molecular weight is 253 g/mol. The van der Waals surface area contributed by atoms with Crippen molar-refractivity contribution < 1.29 is 0 Å². The van der Waals surface area contributed by atoms with Crippen LogP contribution in [0.15, 0.2) is 53.8 Å². The van der Waals surface area contributed by atoms with E-state index < -0.39 is 0 Å². The lowest BCUT2D eigenvalue weighted by Crippen LogP contribution is -2.08. The van der Waals surface area contributed by atoms with Gasteiger partial charge in [-0.1, -0.05) is 12.1 Å². The van der Waals surface area contributed by atoms with E-state index in [1.807, 2.05) is 24.3 Å². The molecule has 1 aromatic carbocycles. The summed E-state index contributed by atoms with van der Waals surface area (Å²) in [7, 11) is 0. The van der Waals surface area contributed by atoms with Gasteiger partial charge >= 0.3 is 0 Å². The first kappa shape index (κ1) is 11.2. The molecule has 0 atom stereocenters. The van der Waals surface area contributed by atoms with Crippen molar-refractivity contribution in [3.05, 3.63) is 59.4 Å². The highest BCUT2D eigenvalue weighted by molar-refractivity contribution is 5.66. The van der Waals surface area contributed by atoms with E-state index in [1.165, 1.54) is 12.4 Å². The highest BCUT2D eigenvalue weighted by Crippen LogP contribution is 2.21. The molecule has 3 N–H and O–H groups in total. The maximum Gasteiger partial charge on any atom is 0.252 e. The smallest absolute Gasteiger partial charge is 0.252 e. The van der Waals surface area contributed by atoms with Crippen LogP contribution in [0.3, 0.4) is 0 Å². The Kier molecular flexibility index (Phi) is 2.60. The molecule has 6 nitrogen and oxygen atoms in total. The van der Waals surface area contributed by atoms with E-state index >= 15 is 0 Å². The summed E-state index contributed by atoms with van der Waals surface area (Å²) in [4.78, 5) is 17.7. The molecular weight excluding hydrogens is 242 g/mol. The number of nitrogens with one attached hydrogen (secondary N) is 1. The molecule has 0 aliphatic heterocycles. The van der Waals surface area contributed by atoms with E-state index in [4.69, 9.17) is 5.73 Å². The van der Waals surface area contributed by atoms with Gasteiger partial charge in [-0.3, -0.25) is 4.79 Å². The number of hydrogen-bond donors (Lipinski definition) is 2. The van der Waals surface area contributed by atoms with Gasteiger partial charge in [0.05, 0.1) is 12.5 Å². The lowest BCUT2D eigenvalue weighted by Gasteiger charge is -1.99. The Labute approximate surface area is 108 Å². The summed E-state index contributed by atoms with van der Waals surface area (Å²) >= 11 is 0. The van der Waals surface area contributed by atoms with E-state index in [2.05, 4.69) is 15.1 Å². The van der Waals surface area contributed by atoms with Crippen LogP contribution in [0, 0.1) is 0 Å². The lowest BCUT2D eigenvalue weighted by molar-refractivity contribution is 0.835. The number of aromatic amines is 1. The van der Waals surface area contributed by atoms with Crippen LogP contribution >= 0.6 is 0 Å². The molecule has 19 heavy (non-hydrogen) atoms. The van der Waals surface area contributed by atoms with Crippen LogP contribution in [0.4, 0.5) is 5.69 Å². The van der Waals surface area contributed by atoms with E-state index in [9.17, 15) is 4.79 Å². The van der Waals surface area contributed by atoms with Crippen LogP contribution < -0.4 is 11.3 Å². The highest BCUT2D eigenvalue weighted by atomic mass is 16.1. The predicted molar refractivity (Wildman–Crippen MR) is 71.8 cm³/mol. The quantitative estimate of drug-likeness (QED) is 0.671. The van der Waals surface area contributed by atoms with Crippen LogP contribution in [0.25, 0.3) is 16.9 Å². The minimum Gasteiger partial charge on any atom is -0.399 e. The zero-order valence-electron chi connectivity index (χ0n) is 9.95. The van der Waals surface area contributed by atoms with Crippen LogP contribution in [-0.4, -0.2) is 19.7 Å². The molecule has 0 aliphatic rings. The Hall–Kier alpha value is -2.89. The molecule has 0 saturated carbocycles. The number of H-pyrrole nitrogens is 1. The summed E-state index contributed by atoms with van der Waals surface area (Å²) in [5.41, 5.74) is 8.11. The van der Waals surface area contributed by atoms with E-state index in [0.717, 1.165) is 11.1 Å². The third-order valence-electron chi connectivity index (χ3n) is 2.70. The summed E-state index contributed by atoms with van der Waals surface area (Å²) in [5.74, 6) is 0.471. The SMILES string of the molecule is Nc1cccc(-c2cnn(-c3cc(=O)[nH]cn3)c2)c1. The average Bonchev–Trinajstić information content (AvgIpc) is 2.88. The molecule has 0 bridgehead atoms. The van der Waals surface area contributed by atoms with Crippen molar-refractivity contribution in [2.24, 2.45) is 0 Å². The van der Waals surface area contributed by atoms with Gasteiger partial charge in [0, 0.05) is 23.5 Å². The largest absolute Gasteiger partial charge is 0.399 e. The maximum absolute atomic E-state index is 11.2. The molecule has 0 spiro atoms. The number of anilines is 1. The summed E-state index contributed by atoms with van der Waals surface area (Å²) in [5, 5.41) is 4.19. The Morgan fingerprint density at radius 3 is 2.89 bits per heavy atom. The standard InChI is InChI=1S/C13H11N5O/c14-11-3-1-2-9(4-11)10-6-17-18(7-10)12-5-13(19)16-8-15-12/h1-8H,14H2,(H,15,16,19). The number of benzene rings is 1. The number of aromatic nitrogens is 4. The highest BCUT2D eigenvalue weighted by Gasteiger charge is 2.04. The molecule has 0 radical (unpaired) electrons. The molecule has 0 fully saturated rings. The third kappa shape index (κ3) is 2.23. The van der Waals surface area contributed by atoms with Gasteiger partial charge in [0.25, 0.3) is 5.56 Å². The van der Waals surface area contributed by atoms with Gasteiger partial charge in [-0.2, -0.15) is 5.10 Å². The Morgan fingerprint density at radius 1 is 1.21 bits per heavy atom. The fourth-order valence-electron chi connectivity index (χ4n) is 1.80. The number of hydrogen-bond acceptors (Lipinski definition) is 4. The second kappa shape index (κ2) is 4.41. The minimum atomic E-state index is -0.217. The molecule has 94 valence electrons. The van der Waals surface area contributed by atoms with Crippen LogP contribution in [0.1, 0.15) is 0 Å². The van der Waals surface area contributed by atoms with Crippen molar-refractivity contribution in [1.82, 2.24) is 19.7 Å². The second-order valence-corrected chi connectivity index (χ2v) is 4.07. The van der Waals surface area contributed by atoms with E-state index in [0.29, 0.717) is 11.5 Å². The number of nitrogens with zero attached hydrogens (tertiary/aromatic N) is 3. The molecule has 6 heteroatoms. The van der Waals surface area contributed by atoms with Gasteiger partial charge in [0.2, 0.25) is 0 Å². The van der Waals surface area contributed by atoms with Crippen molar-refractivity contribution in [2.75, 3.05) is 5.73 Å². The molecule has 0 saturated heterocycles. The first-order valence-electron chi connectivity index (χ1n) is 5.68. The molecule has 3 rings (SSSR count). The van der Waals surface area contributed by atoms with Crippen molar-refractivity contribution in [3.8, 4) is 16.9 Å². The summed E-state index contributed by atoms with van der Waals surface area (Å²) in [6.45, 7) is 0. The summed E-state index contributed by atoms with van der Waals surface area (Å²) in [6, 6.07) is 8.91. The minimum absolute atomic E-state index is 0.217. The molecule has 2 aromatic heterocycles. The second-order valence-electron chi connectivity index (χ2n) is 4.07. The van der Waals surface area contributed by atoms with Gasteiger partial charge < -0.3 is 10.7 Å². The number of nitrogen functional groups attached to an aromatic ring is 1. The topological polar surface area (TPSA) is 89.6 Å². The number of nitrogens with two attached hydrogens (primary N) is 1. The normalized spacial score (nSPS) is 10.5. The fourth-order valence-corrected chi connectivity index (χ4v) is 1.80. The Bertz CT molecular complexity index is 774. The molecule has 3 aromatic rings. The van der Waals surface area contributed by atoms with Crippen molar-refractivity contribution in [3.63, 3.8) is 0 Å². The summed E-state index contributed by atoms with van der Waals surface area (Å²) in [6.07, 6.45) is 4.85. The molecule has 0 aliphatic carbocycles. The Morgan fingerprint density at radius 2 is 2.11 bits per heavy atom. The fraction of sp³-hybridized carbons (Fsp3) is 0. The van der Waals surface area contributed by atoms with Crippen molar-refractivity contribution in [2.45, 2.75) is 0 Å². The summed E-state index contributed by atoms with van der Waals surface area (Å²) < 4.78 is 1.55. The van der Waals surface area contributed by atoms with Gasteiger partial charge in [-0.25, -0.2) is 9.67 Å². The van der Waals surface area contributed by atoms with E-state index in [1.54, 1.807) is 17.1 Å². The zero-order chi connectivity index (χ0) is 13.2. The van der Waals surface area contributed by atoms with Gasteiger partial charge in [-0.05, 0) is 17.7 Å². The zero-order valence-corrected chi connectivity index (χ0v) is 9.95. The number of rotatable bonds is 2. The first-order valence-corrected chi connectivity index (χ1v) is 5.68.